The highest BCUT2D eigenvalue weighted by Crippen LogP contribution is 2.47. The number of amides is 10. The van der Waals surface area contributed by atoms with Gasteiger partial charge in [0, 0.05) is 94.3 Å². The molecule has 30 nitrogen and oxygen atoms in total. The van der Waals surface area contributed by atoms with E-state index in [1.165, 1.54) is 18.2 Å². The number of urea groups is 3. The number of fused-ring (bicyclic) bond motifs is 3. The molecule has 0 aliphatic carbocycles. The number of carbonyl (C=O) groups is 7. The number of rotatable bonds is 32. The van der Waals surface area contributed by atoms with Gasteiger partial charge >= 0.3 is 18.1 Å². The molecular formula is C89H102N22O8. The van der Waals surface area contributed by atoms with Crippen molar-refractivity contribution >= 4 is 99.0 Å². The van der Waals surface area contributed by atoms with Crippen LogP contribution in [-0.2, 0) is 50.6 Å². The fourth-order valence-corrected chi connectivity index (χ4v) is 15.4. The van der Waals surface area contributed by atoms with E-state index in [-0.39, 0.29) is 80.6 Å². The fraction of sp³-hybridized carbons (Fsp3) is 0.281. The third kappa shape index (κ3) is 19.6. The molecule has 0 fully saturated rings. The summed E-state index contributed by atoms with van der Waals surface area (Å²) in [5.41, 5.74) is 9.10. The monoisotopic (exact) mass is 1610 g/mol. The Kier molecular flexibility index (Phi) is 25.6. The summed E-state index contributed by atoms with van der Waals surface area (Å²) in [5, 5.41) is 65.3. The van der Waals surface area contributed by atoms with Crippen molar-refractivity contribution < 1.29 is 38.7 Å². The molecule has 0 radical (unpaired) electrons. The van der Waals surface area contributed by atoms with Crippen molar-refractivity contribution in [2.75, 3.05) is 105 Å². The van der Waals surface area contributed by atoms with Gasteiger partial charge in [-0.2, -0.15) is 15.3 Å². The second-order valence-corrected chi connectivity index (χ2v) is 31.4. The van der Waals surface area contributed by atoms with E-state index in [1.807, 2.05) is 199 Å². The molecule has 7 aromatic carbocycles. The Balaban J connectivity index is 0.631. The SMILES string of the molecule is C=CC(=O)Nc1ccc(Nc2n[nH]c3c2CN(C(=O)N[C@H](CN(C)C)c2ccccc2)C3(C)C/C=C/C(=O)Nc2cccc(Nc3n[nH]c4c3CN(C(=O)N[C@H](CN(C)C)c3ccccc3)C4(C)CCN(C)C/C=C/C(=O)Nc3ccc(C(=O)Nc4cccc(Nc5n[nH]c6c5CN(C(=O)N[C@H](CO)c5ccccc5)C6(C)C)c4)cc3)c2)cc1. The molecule has 10 amide bonds. The number of H-pyrrole nitrogens is 3. The lowest BCUT2D eigenvalue weighted by atomic mass is 9.93. The van der Waals surface area contributed by atoms with E-state index in [1.54, 1.807) is 88.7 Å². The molecule has 0 saturated heterocycles. The first-order valence-electron chi connectivity index (χ1n) is 39.4. The Morgan fingerprint density at radius 2 is 0.866 bits per heavy atom. The van der Waals surface area contributed by atoms with Gasteiger partial charge in [-0.25, -0.2) is 14.4 Å². The van der Waals surface area contributed by atoms with Crippen molar-refractivity contribution in [3.05, 3.63) is 281 Å². The lowest BCUT2D eigenvalue weighted by Gasteiger charge is -2.37. The molecule has 0 spiro atoms. The highest BCUT2D eigenvalue weighted by atomic mass is 16.3. The number of hydrogen-bond donors (Lipinski definition) is 14. The van der Waals surface area contributed by atoms with Crippen molar-refractivity contribution in [3.8, 4) is 0 Å². The number of nitrogens with one attached hydrogen (secondary N) is 13. The molecular weight excluding hydrogens is 1510 g/mol. The number of aromatic amines is 3. The van der Waals surface area contributed by atoms with E-state index >= 15 is 0 Å². The molecule has 30 heteroatoms. The van der Waals surface area contributed by atoms with E-state index in [2.05, 4.69) is 90.1 Å². The first kappa shape index (κ1) is 83.3. The minimum absolute atomic E-state index is 0.197. The summed E-state index contributed by atoms with van der Waals surface area (Å²) in [5.74, 6) is 0.0965. The highest BCUT2D eigenvalue weighted by molar-refractivity contribution is 6.05. The number of benzene rings is 7. The zero-order valence-electron chi connectivity index (χ0n) is 68.1. The molecule has 119 heavy (non-hydrogen) atoms. The Morgan fingerprint density at radius 1 is 0.462 bits per heavy atom. The first-order chi connectivity index (χ1) is 57.2. The normalized spacial score (nSPS) is 16.5. The van der Waals surface area contributed by atoms with Crippen LogP contribution in [0.2, 0.25) is 0 Å². The number of anilines is 10. The highest BCUT2D eigenvalue weighted by Gasteiger charge is 2.50. The fourth-order valence-electron chi connectivity index (χ4n) is 15.4. The molecule has 13 rings (SSSR count). The largest absolute Gasteiger partial charge is 0.394 e. The van der Waals surface area contributed by atoms with Gasteiger partial charge in [0.1, 0.15) is 0 Å². The Hall–Kier alpha value is -13.7. The van der Waals surface area contributed by atoms with Crippen LogP contribution in [0.1, 0.15) is 119 Å². The molecule has 0 saturated carbocycles. The van der Waals surface area contributed by atoms with Crippen molar-refractivity contribution in [1.29, 1.82) is 0 Å². The summed E-state index contributed by atoms with van der Waals surface area (Å²) < 4.78 is 0. The molecule has 3 aromatic heterocycles. The Morgan fingerprint density at radius 3 is 1.38 bits per heavy atom. The Labute approximate surface area is 691 Å². The zero-order valence-corrected chi connectivity index (χ0v) is 68.1. The third-order valence-corrected chi connectivity index (χ3v) is 21.9. The minimum Gasteiger partial charge on any atom is -0.394 e. The van der Waals surface area contributed by atoms with E-state index < -0.39 is 28.6 Å². The van der Waals surface area contributed by atoms with Crippen LogP contribution in [0.3, 0.4) is 0 Å². The summed E-state index contributed by atoms with van der Waals surface area (Å²) in [4.78, 5) is 108. The van der Waals surface area contributed by atoms with Gasteiger partial charge in [0.2, 0.25) is 17.7 Å². The van der Waals surface area contributed by atoms with E-state index in [0.29, 0.717) is 101 Å². The summed E-state index contributed by atoms with van der Waals surface area (Å²) in [6.45, 7) is 13.8. The van der Waals surface area contributed by atoms with Crippen LogP contribution in [0.15, 0.2) is 225 Å². The number of aliphatic hydroxyl groups excluding tert-OH is 1. The quantitative estimate of drug-likeness (QED) is 0.0174. The molecule has 14 N–H and O–H groups in total. The van der Waals surface area contributed by atoms with Crippen molar-refractivity contribution in [1.82, 2.24) is 75.9 Å². The zero-order chi connectivity index (χ0) is 84.1. The average molecular weight is 1610 g/mol. The molecule has 10 aromatic rings. The summed E-state index contributed by atoms with van der Waals surface area (Å²) in [6.07, 6.45) is 8.34. The number of carbonyl (C=O) groups excluding carboxylic acids is 7. The predicted octanol–water partition coefficient (Wildman–Crippen LogP) is 13.1. The maximum atomic E-state index is 15.0. The lowest BCUT2D eigenvalue weighted by molar-refractivity contribution is -0.112. The van der Waals surface area contributed by atoms with Crippen molar-refractivity contribution in [2.24, 2.45) is 0 Å². The van der Waals surface area contributed by atoms with Gasteiger partial charge in [0.25, 0.3) is 5.91 Å². The van der Waals surface area contributed by atoms with Crippen molar-refractivity contribution in [2.45, 2.75) is 94.9 Å². The van der Waals surface area contributed by atoms with Gasteiger partial charge in [-0.15, -0.1) is 0 Å². The maximum absolute atomic E-state index is 15.0. The first-order valence-corrected chi connectivity index (χ1v) is 39.4. The second-order valence-electron chi connectivity index (χ2n) is 31.4. The van der Waals surface area contributed by atoms with E-state index in [9.17, 15) is 38.7 Å². The second kappa shape index (κ2) is 36.6. The van der Waals surface area contributed by atoms with Crippen LogP contribution in [0.25, 0.3) is 0 Å². The molecule has 5 atom stereocenters. The Bertz CT molecular complexity index is 5360. The standard InChI is InChI=1S/C89H102N22O8/c1-11-74(113)90-62-41-43-63(44-42-62)93-81-69-52-110(85(118)97-71(54-106(6)7)57-25-15-12-16-26-57)88(4,78(69)101-104-81)45-23-35-75(114)92-64-31-21-32-65(49-64)95-82-70-53-111(86(119)98-72(55-107(8)9)58-27-17-13-18-28-58)89(5,79(70)102-105-82)46-48-108(10)47-24-36-76(115)91-61-39-37-60(38-40-61)83(116)96-67-34-22-33-66(50-67)94-80-68-51-109(87(2,3)77(68)100-103-80)84(117)99-73(56-112)59-29-19-14-20-30-59/h11-44,49-50,71-73,112H,1,45-48,51-56H2,2-10H3,(H,90,113)(H,91,115)(H,92,114)(H,96,116)(H,97,118)(H,98,119)(H,99,117)(H2,93,101,104)(H2,94,100,103)(H2,95,102,105)/b35-23+,36-24+/t71-,72-,73-,88?,89?/m1/s1. The molecule has 0 bridgehead atoms. The predicted molar refractivity (Wildman–Crippen MR) is 462 cm³/mol. The van der Waals surface area contributed by atoms with E-state index in [4.69, 9.17) is 5.10 Å². The smallest absolute Gasteiger partial charge is 0.319 e. The van der Waals surface area contributed by atoms with Crippen LogP contribution in [0.4, 0.5) is 71.6 Å². The van der Waals surface area contributed by atoms with Crippen LogP contribution in [0, 0.1) is 0 Å². The number of likely N-dealkylation sites (N-methyl/N-ethyl adjacent to an activating group) is 3. The summed E-state index contributed by atoms with van der Waals surface area (Å²) in [7, 11) is 9.80. The minimum atomic E-state index is -0.996. The van der Waals surface area contributed by atoms with Crippen LogP contribution >= 0.6 is 0 Å². The van der Waals surface area contributed by atoms with Crippen LogP contribution in [-0.4, -0.2) is 175 Å². The van der Waals surface area contributed by atoms with Crippen LogP contribution < -0.4 is 53.2 Å². The topological polar surface area (TPSA) is 366 Å². The van der Waals surface area contributed by atoms with E-state index in [0.717, 1.165) is 44.8 Å². The number of nitrogens with zero attached hydrogens (tertiary/aromatic N) is 9. The van der Waals surface area contributed by atoms with Gasteiger partial charge in [0.15, 0.2) is 17.5 Å². The number of aliphatic hydroxyl groups is 1. The average Bonchev–Trinajstić information content (AvgIpc) is 1.59. The number of hydrogen-bond acceptors (Lipinski definition) is 17. The molecule has 3 aliphatic heterocycles. The summed E-state index contributed by atoms with van der Waals surface area (Å²) >= 11 is 0. The lowest BCUT2D eigenvalue weighted by Crippen LogP contribution is -2.50. The van der Waals surface area contributed by atoms with Gasteiger partial charge in [-0.05, 0) is 190 Å². The van der Waals surface area contributed by atoms with Crippen molar-refractivity contribution in [3.63, 3.8) is 0 Å². The van der Waals surface area contributed by atoms with Gasteiger partial charge in [-0.1, -0.05) is 122 Å². The molecule has 2 unspecified atom stereocenters. The summed E-state index contributed by atoms with van der Waals surface area (Å²) in [6, 6.07) is 55.0. The molecule has 6 heterocycles. The van der Waals surface area contributed by atoms with Gasteiger partial charge in [-0.3, -0.25) is 34.5 Å². The van der Waals surface area contributed by atoms with Gasteiger partial charge < -0.3 is 87.7 Å². The van der Waals surface area contributed by atoms with Crippen LogP contribution in [0.5, 0.6) is 0 Å². The maximum Gasteiger partial charge on any atom is 0.319 e. The third-order valence-electron chi connectivity index (χ3n) is 21.9. The molecule has 616 valence electrons. The molecule has 3 aliphatic rings. The number of aromatic nitrogens is 6. The van der Waals surface area contributed by atoms with Gasteiger partial charge in [0.05, 0.1) is 78.1 Å².